The van der Waals surface area contributed by atoms with E-state index >= 15 is 0 Å². The Hall–Kier alpha value is -1.63. The van der Waals surface area contributed by atoms with E-state index in [2.05, 4.69) is 15.1 Å². The zero-order valence-corrected chi connectivity index (χ0v) is 14.3. The number of nitrogens with one attached hydrogen (secondary N) is 1. The molecule has 0 aromatic rings. The molecule has 4 amide bonds. The van der Waals surface area contributed by atoms with E-state index in [4.69, 9.17) is 0 Å². The fourth-order valence-electron chi connectivity index (χ4n) is 3.83. The molecule has 3 aliphatic rings. The summed E-state index contributed by atoms with van der Waals surface area (Å²) in [6.07, 6.45) is 6.71. The fraction of sp³-hybridized carbons (Fsp3) is 0.824. The van der Waals surface area contributed by atoms with Crippen molar-refractivity contribution in [2.75, 3.05) is 39.4 Å². The molecule has 3 fully saturated rings. The number of hydrogen-bond donors (Lipinski definition) is 1. The molecule has 0 aromatic heterocycles. The van der Waals surface area contributed by atoms with Gasteiger partial charge >= 0.3 is 6.03 Å². The summed E-state index contributed by atoms with van der Waals surface area (Å²) >= 11 is 0. The van der Waals surface area contributed by atoms with Crippen LogP contribution in [0.5, 0.6) is 0 Å². The molecule has 7 nitrogen and oxygen atoms in total. The molecule has 3 heterocycles. The normalized spacial score (nSPS) is 24.7. The average Bonchev–Trinajstić information content (AvgIpc) is 2.88. The van der Waals surface area contributed by atoms with Crippen LogP contribution in [0.25, 0.3) is 0 Å². The molecule has 0 aromatic carbocycles. The third-order valence-electron chi connectivity index (χ3n) is 5.36. The van der Waals surface area contributed by atoms with Crippen LogP contribution in [0, 0.1) is 5.92 Å². The standard InChI is InChI=1S/C17H28N4O3/c22-15-5-8-18-17(24)21(15)13-19-11-6-14(7-12-19)16(23)20-9-3-1-2-4-10-20/h14H,1-13H2,(H,18,24). The maximum absolute atomic E-state index is 12.7. The number of likely N-dealkylation sites (tertiary alicyclic amines) is 2. The van der Waals surface area contributed by atoms with Crippen LogP contribution < -0.4 is 5.32 Å². The monoisotopic (exact) mass is 336 g/mol. The van der Waals surface area contributed by atoms with Crippen molar-refractivity contribution in [2.45, 2.75) is 44.9 Å². The summed E-state index contributed by atoms with van der Waals surface area (Å²) in [5, 5.41) is 2.71. The van der Waals surface area contributed by atoms with E-state index in [0.717, 1.165) is 51.9 Å². The third-order valence-corrected chi connectivity index (χ3v) is 5.36. The molecule has 3 aliphatic heterocycles. The van der Waals surface area contributed by atoms with E-state index in [1.165, 1.54) is 17.7 Å². The van der Waals surface area contributed by atoms with Crippen LogP contribution in [0.2, 0.25) is 0 Å². The van der Waals surface area contributed by atoms with E-state index in [1.54, 1.807) is 0 Å². The lowest BCUT2D eigenvalue weighted by Gasteiger charge is -2.37. The zero-order valence-electron chi connectivity index (χ0n) is 14.3. The van der Waals surface area contributed by atoms with Crippen LogP contribution >= 0.6 is 0 Å². The topological polar surface area (TPSA) is 73.0 Å². The van der Waals surface area contributed by atoms with E-state index in [1.807, 2.05) is 0 Å². The third kappa shape index (κ3) is 4.06. The first-order valence-electron chi connectivity index (χ1n) is 9.24. The molecule has 0 atom stereocenters. The van der Waals surface area contributed by atoms with Crippen molar-refractivity contribution >= 4 is 17.8 Å². The first kappa shape index (κ1) is 17.2. The van der Waals surface area contributed by atoms with Crippen molar-refractivity contribution in [1.29, 1.82) is 0 Å². The summed E-state index contributed by atoms with van der Waals surface area (Å²) < 4.78 is 0. The second-order valence-corrected chi connectivity index (χ2v) is 7.08. The van der Waals surface area contributed by atoms with E-state index < -0.39 is 0 Å². The molecule has 0 unspecified atom stereocenters. The van der Waals surface area contributed by atoms with Crippen LogP contribution in [0.15, 0.2) is 0 Å². The highest BCUT2D eigenvalue weighted by Gasteiger charge is 2.32. The molecule has 1 N–H and O–H groups in total. The van der Waals surface area contributed by atoms with Crippen molar-refractivity contribution in [1.82, 2.24) is 20.0 Å². The minimum Gasteiger partial charge on any atom is -0.342 e. The number of piperidine rings is 1. The SMILES string of the molecule is O=C(C1CCN(CN2C(=O)CCNC2=O)CC1)N1CCCCCC1. The Kier molecular flexibility index (Phi) is 5.71. The van der Waals surface area contributed by atoms with Crippen molar-refractivity contribution in [2.24, 2.45) is 5.92 Å². The minimum atomic E-state index is -0.297. The number of carbonyl (C=O) groups is 3. The molecule has 24 heavy (non-hydrogen) atoms. The molecule has 0 saturated carbocycles. The van der Waals surface area contributed by atoms with Gasteiger partial charge in [-0.1, -0.05) is 12.8 Å². The van der Waals surface area contributed by atoms with E-state index in [9.17, 15) is 14.4 Å². The lowest BCUT2D eigenvalue weighted by molar-refractivity contribution is -0.138. The number of carbonyl (C=O) groups excluding carboxylic acids is 3. The Morgan fingerprint density at radius 3 is 2.29 bits per heavy atom. The van der Waals surface area contributed by atoms with Gasteiger partial charge in [-0.25, -0.2) is 4.79 Å². The summed E-state index contributed by atoms with van der Waals surface area (Å²) in [4.78, 5) is 41.8. The quantitative estimate of drug-likeness (QED) is 0.834. The highest BCUT2D eigenvalue weighted by molar-refractivity contribution is 5.96. The highest BCUT2D eigenvalue weighted by atomic mass is 16.2. The maximum atomic E-state index is 12.7. The van der Waals surface area contributed by atoms with Crippen molar-refractivity contribution < 1.29 is 14.4 Å². The summed E-state index contributed by atoms with van der Waals surface area (Å²) in [7, 11) is 0. The van der Waals surface area contributed by atoms with Gasteiger partial charge in [0.25, 0.3) is 0 Å². The van der Waals surface area contributed by atoms with Gasteiger partial charge in [-0.2, -0.15) is 0 Å². The number of urea groups is 1. The van der Waals surface area contributed by atoms with Gasteiger partial charge in [0.15, 0.2) is 0 Å². The maximum Gasteiger partial charge on any atom is 0.325 e. The van der Waals surface area contributed by atoms with Crippen molar-refractivity contribution in [3.63, 3.8) is 0 Å². The van der Waals surface area contributed by atoms with Crippen molar-refractivity contribution in [3.8, 4) is 0 Å². The van der Waals surface area contributed by atoms with Crippen LogP contribution in [0.4, 0.5) is 4.79 Å². The number of nitrogens with zero attached hydrogens (tertiary/aromatic N) is 3. The highest BCUT2D eigenvalue weighted by Crippen LogP contribution is 2.22. The molecule has 0 radical (unpaired) electrons. The predicted octanol–water partition coefficient (Wildman–Crippen LogP) is 1.00. The number of hydrogen-bond acceptors (Lipinski definition) is 4. The first-order chi connectivity index (χ1) is 11.6. The molecular weight excluding hydrogens is 308 g/mol. The van der Waals surface area contributed by atoms with E-state index in [0.29, 0.717) is 25.5 Å². The zero-order chi connectivity index (χ0) is 16.9. The van der Waals surface area contributed by atoms with E-state index in [-0.39, 0.29) is 17.9 Å². The summed E-state index contributed by atoms with van der Waals surface area (Å²) in [5.41, 5.74) is 0. The Balaban J connectivity index is 1.47. The van der Waals surface area contributed by atoms with Gasteiger partial charge in [-0.15, -0.1) is 0 Å². The predicted molar refractivity (Wildman–Crippen MR) is 89.1 cm³/mol. The molecule has 3 rings (SSSR count). The van der Waals surface area contributed by atoms with Gasteiger partial charge in [-0.3, -0.25) is 19.4 Å². The minimum absolute atomic E-state index is 0.102. The molecular formula is C17H28N4O3. The molecule has 3 saturated heterocycles. The number of amides is 4. The smallest absolute Gasteiger partial charge is 0.325 e. The molecule has 7 heteroatoms. The van der Waals surface area contributed by atoms with Gasteiger partial charge < -0.3 is 10.2 Å². The Morgan fingerprint density at radius 1 is 1.00 bits per heavy atom. The second kappa shape index (κ2) is 7.96. The van der Waals surface area contributed by atoms with Crippen LogP contribution in [-0.2, 0) is 9.59 Å². The summed E-state index contributed by atoms with van der Waals surface area (Å²) in [6.45, 7) is 4.11. The average molecular weight is 336 g/mol. The van der Waals surface area contributed by atoms with Gasteiger partial charge in [0.2, 0.25) is 11.8 Å². The summed E-state index contributed by atoms with van der Waals surface area (Å²) in [6, 6.07) is -0.297. The molecule has 134 valence electrons. The Morgan fingerprint density at radius 2 is 1.67 bits per heavy atom. The molecule has 0 bridgehead atoms. The fourth-order valence-corrected chi connectivity index (χ4v) is 3.83. The van der Waals surface area contributed by atoms with Gasteiger partial charge in [-0.05, 0) is 25.7 Å². The summed E-state index contributed by atoms with van der Waals surface area (Å²) in [5.74, 6) is 0.301. The van der Waals surface area contributed by atoms with Gasteiger partial charge in [0, 0.05) is 45.1 Å². The van der Waals surface area contributed by atoms with Gasteiger partial charge in [0.05, 0.1) is 6.67 Å². The van der Waals surface area contributed by atoms with Crippen LogP contribution in [-0.4, -0.2) is 71.9 Å². The Bertz CT molecular complexity index is 464. The molecule has 0 spiro atoms. The number of imide groups is 1. The number of rotatable bonds is 3. The first-order valence-corrected chi connectivity index (χ1v) is 9.24. The van der Waals surface area contributed by atoms with Crippen molar-refractivity contribution in [3.05, 3.63) is 0 Å². The largest absolute Gasteiger partial charge is 0.342 e. The van der Waals surface area contributed by atoms with Gasteiger partial charge in [0.1, 0.15) is 0 Å². The second-order valence-electron chi connectivity index (χ2n) is 7.08. The van der Waals surface area contributed by atoms with Crippen LogP contribution in [0.3, 0.4) is 0 Å². The van der Waals surface area contributed by atoms with Crippen LogP contribution in [0.1, 0.15) is 44.9 Å². The lowest BCUT2D eigenvalue weighted by atomic mass is 9.95. The lowest BCUT2D eigenvalue weighted by Crippen LogP contribution is -2.55. The molecule has 0 aliphatic carbocycles. The Labute approximate surface area is 143 Å².